The molecule has 2 aromatic rings. The molecule has 0 saturated heterocycles. The highest BCUT2D eigenvalue weighted by Gasteiger charge is 2.40. The number of hydrogen-bond donors (Lipinski definition) is 2. The summed E-state index contributed by atoms with van der Waals surface area (Å²) in [6, 6.07) is 6.46. The molecule has 0 radical (unpaired) electrons. The van der Waals surface area contributed by atoms with Gasteiger partial charge in [-0.05, 0) is 50.5 Å². The third-order valence-corrected chi connectivity index (χ3v) is 6.07. The maximum absolute atomic E-state index is 12.9. The minimum Gasteiger partial charge on any atom is -0.347 e. The predicted octanol–water partition coefficient (Wildman–Crippen LogP) is 2.12. The smallest absolute Gasteiger partial charge is 0.274 e. The Hall–Kier alpha value is -2.81. The number of aromatic nitrogens is 3. The molecule has 9 heteroatoms. The lowest BCUT2D eigenvalue weighted by molar-refractivity contribution is -0.384. The maximum Gasteiger partial charge on any atom is 0.274 e. The number of nitrogens with one attached hydrogen (secondary N) is 1. The van der Waals surface area contributed by atoms with E-state index in [1.165, 1.54) is 23.2 Å². The fourth-order valence-electron chi connectivity index (χ4n) is 4.77. The largest absolute Gasteiger partial charge is 0.347 e. The second-order valence-corrected chi connectivity index (χ2v) is 7.89. The molecule has 1 heterocycles. The lowest BCUT2D eigenvalue weighted by atomic mass is 9.67. The van der Waals surface area contributed by atoms with Crippen molar-refractivity contribution in [1.82, 2.24) is 20.3 Å². The van der Waals surface area contributed by atoms with Gasteiger partial charge in [-0.25, -0.2) is 4.68 Å². The summed E-state index contributed by atoms with van der Waals surface area (Å²) in [6.07, 6.45) is 5.26. The van der Waals surface area contributed by atoms with E-state index in [1.54, 1.807) is 19.1 Å². The number of rotatable bonds is 4. The molecule has 1 amide bonds. The molecule has 1 aromatic carbocycles. The topological polar surface area (TPSA) is 129 Å². The first-order chi connectivity index (χ1) is 13.4. The summed E-state index contributed by atoms with van der Waals surface area (Å²) in [4.78, 5) is 23.4. The van der Waals surface area contributed by atoms with E-state index >= 15 is 0 Å². The van der Waals surface area contributed by atoms with Crippen LogP contribution >= 0.6 is 0 Å². The van der Waals surface area contributed by atoms with Crippen LogP contribution in [0.4, 0.5) is 5.69 Å². The van der Waals surface area contributed by atoms with Crippen LogP contribution in [0.15, 0.2) is 24.3 Å². The Morgan fingerprint density at radius 1 is 1.32 bits per heavy atom. The fourth-order valence-corrected chi connectivity index (χ4v) is 4.77. The van der Waals surface area contributed by atoms with Crippen molar-refractivity contribution >= 4 is 11.6 Å². The summed E-state index contributed by atoms with van der Waals surface area (Å²) in [5.41, 5.74) is 7.43. The lowest BCUT2D eigenvalue weighted by Crippen LogP contribution is -2.53. The van der Waals surface area contributed by atoms with Gasteiger partial charge >= 0.3 is 0 Å². The number of fused-ring (bicyclic) bond motifs is 2. The number of nitro benzene ring substituents is 1. The molecule has 4 rings (SSSR count). The van der Waals surface area contributed by atoms with Crippen molar-refractivity contribution in [1.29, 1.82) is 0 Å². The van der Waals surface area contributed by atoms with Crippen LogP contribution < -0.4 is 11.1 Å². The Bertz CT molecular complexity index is 897. The van der Waals surface area contributed by atoms with Gasteiger partial charge in [0.15, 0.2) is 5.69 Å². The highest BCUT2D eigenvalue weighted by atomic mass is 16.6. The van der Waals surface area contributed by atoms with E-state index in [1.807, 2.05) is 0 Å². The number of carbonyl (C=O) groups is 1. The summed E-state index contributed by atoms with van der Waals surface area (Å²) >= 11 is 0. The molecule has 2 fully saturated rings. The third kappa shape index (κ3) is 3.37. The molecule has 148 valence electrons. The van der Waals surface area contributed by atoms with Gasteiger partial charge in [-0.15, -0.1) is 5.10 Å². The number of amides is 1. The quantitative estimate of drug-likeness (QED) is 0.613. The molecular formula is C19H24N6O3. The van der Waals surface area contributed by atoms with Crippen LogP contribution in [0.3, 0.4) is 0 Å². The van der Waals surface area contributed by atoms with Crippen molar-refractivity contribution in [3.63, 3.8) is 0 Å². The molecule has 9 nitrogen and oxygen atoms in total. The molecule has 2 bridgehead atoms. The summed E-state index contributed by atoms with van der Waals surface area (Å²) in [5.74, 6) is 0.587. The van der Waals surface area contributed by atoms with E-state index < -0.39 is 4.92 Å². The Balaban J connectivity index is 1.55. The SMILES string of the molecule is Cc1c(C(=O)NC2C3CCCC2CC(N)C3)nnn1-c1cccc([N+](=O)[O-])c1. The monoisotopic (exact) mass is 384 g/mol. The molecule has 2 aliphatic carbocycles. The highest BCUT2D eigenvalue weighted by Crippen LogP contribution is 2.39. The van der Waals surface area contributed by atoms with Gasteiger partial charge in [-0.2, -0.15) is 0 Å². The third-order valence-electron chi connectivity index (χ3n) is 6.07. The normalized spacial score (nSPS) is 26.6. The number of non-ortho nitro benzene ring substituents is 1. The Morgan fingerprint density at radius 2 is 2.04 bits per heavy atom. The first kappa shape index (κ1) is 18.5. The van der Waals surface area contributed by atoms with E-state index in [-0.39, 0.29) is 29.4 Å². The molecule has 2 atom stereocenters. The van der Waals surface area contributed by atoms with Gasteiger partial charge in [0.25, 0.3) is 11.6 Å². The molecule has 28 heavy (non-hydrogen) atoms. The van der Waals surface area contributed by atoms with Crippen LogP contribution in [0.5, 0.6) is 0 Å². The van der Waals surface area contributed by atoms with Crippen LogP contribution in [0, 0.1) is 28.9 Å². The van der Waals surface area contributed by atoms with Gasteiger partial charge in [-0.1, -0.05) is 17.7 Å². The van der Waals surface area contributed by atoms with Gasteiger partial charge in [0.05, 0.1) is 16.3 Å². The van der Waals surface area contributed by atoms with Crippen LogP contribution in [-0.2, 0) is 0 Å². The van der Waals surface area contributed by atoms with Gasteiger partial charge in [-0.3, -0.25) is 14.9 Å². The number of hydrogen-bond acceptors (Lipinski definition) is 6. The average molecular weight is 384 g/mol. The van der Waals surface area contributed by atoms with Crippen molar-refractivity contribution < 1.29 is 9.72 Å². The van der Waals surface area contributed by atoms with Crippen molar-refractivity contribution in [3.05, 3.63) is 45.8 Å². The van der Waals surface area contributed by atoms with Crippen LogP contribution in [0.25, 0.3) is 5.69 Å². The van der Waals surface area contributed by atoms with Crippen molar-refractivity contribution in [2.45, 2.75) is 51.1 Å². The summed E-state index contributed by atoms with van der Waals surface area (Å²) in [7, 11) is 0. The summed E-state index contributed by atoms with van der Waals surface area (Å²) < 4.78 is 1.46. The molecule has 2 saturated carbocycles. The first-order valence-corrected chi connectivity index (χ1v) is 9.67. The van der Waals surface area contributed by atoms with Crippen molar-refractivity contribution in [3.8, 4) is 5.69 Å². The van der Waals surface area contributed by atoms with Gasteiger partial charge < -0.3 is 11.1 Å². The molecule has 1 aromatic heterocycles. The number of carbonyl (C=O) groups excluding carboxylic acids is 1. The Kier molecular flexibility index (Phi) is 4.84. The van der Waals surface area contributed by atoms with Crippen molar-refractivity contribution in [2.75, 3.05) is 0 Å². The van der Waals surface area contributed by atoms with Gasteiger partial charge in [0.2, 0.25) is 0 Å². The zero-order valence-corrected chi connectivity index (χ0v) is 15.7. The minimum atomic E-state index is -0.462. The average Bonchev–Trinajstić information content (AvgIpc) is 3.04. The van der Waals surface area contributed by atoms with E-state index in [0.29, 0.717) is 23.2 Å². The van der Waals surface area contributed by atoms with E-state index in [2.05, 4.69) is 15.6 Å². The number of nitrogens with two attached hydrogens (primary N) is 1. The molecule has 0 spiro atoms. The lowest BCUT2D eigenvalue weighted by Gasteiger charge is -2.45. The van der Waals surface area contributed by atoms with E-state index in [9.17, 15) is 14.9 Å². The zero-order valence-electron chi connectivity index (χ0n) is 15.7. The standard InChI is InChI=1S/C19H24N6O3/c1-11-17(22-23-24(11)15-6-3-7-16(10-15)25(27)28)19(26)21-18-12-4-2-5-13(18)9-14(20)8-12/h3,6-7,10,12-14,18H,2,4-5,8-9,20H2,1H3,(H,21,26). The van der Waals surface area contributed by atoms with E-state index in [0.717, 1.165) is 25.7 Å². The van der Waals surface area contributed by atoms with Gasteiger partial charge in [0.1, 0.15) is 0 Å². The van der Waals surface area contributed by atoms with Crippen LogP contribution in [0.1, 0.15) is 48.3 Å². The Morgan fingerprint density at radius 3 is 2.71 bits per heavy atom. The van der Waals surface area contributed by atoms with E-state index in [4.69, 9.17) is 5.73 Å². The second-order valence-electron chi connectivity index (χ2n) is 7.89. The zero-order chi connectivity index (χ0) is 19.8. The summed E-state index contributed by atoms with van der Waals surface area (Å²) in [5, 5.41) is 22.3. The number of nitrogens with zero attached hydrogens (tertiary/aromatic N) is 4. The summed E-state index contributed by atoms with van der Waals surface area (Å²) in [6.45, 7) is 1.74. The number of nitro groups is 1. The van der Waals surface area contributed by atoms with Crippen LogP contribution in [-0.4, -0.2) is 37.9 Å². The Labute approximate surface area is 162 Å². The predicted molar refractivity (Wildman–Crippen MR) is 102 cm³/mol. The molecular weight excluding hydrogens is 360 g/mol. The molecule has 3 N–H and O–H groups in total. The molecule has 0 aliphatic heterocycles. The number of benzene rings is 1. The fraction of sp³-hybridized carbons (Fsp3) is 0.526. The minimum absolute atomic E-state index is 0.0372. The highest BCUT2D eigenvalue weighted by molar-refractivity contribution is 5.93. The van der Waals surface area contributed by atoms with Crippen LogP contribution in [0.2, 0.25) is 0 Å². The molecule has 2 aliphatic rings. The van der Waals surface area contributed by atoms with Crippen molar-refractivity contribution in [2.24, 2.45) is 17.6 Å². The maximum atomic E-state index is 12.9. The molecule has 2 unspecified atom stereocenters. The van der Waals surface area contributed by atoms with Gasteiger partial charge in [0, 0.05) is 24.2 Å². The second kappa shape index (κ2) is 7.31. The first-order valence-electron chi connectivity index (χ1n) is 9.67.